The van der Waals surface area contributed by atoms with E-state index in [0.717, 1.165) is 4.47 Å². The Morgan fingerprint density at radius 3 is 2.47 bits per heavy atom. The number of carbonyl (C=O) groups excluding carboxylic acids is 2. The fourth-order valence-corrected chi connectivity index (χ4v) is 4.57. The van der Waals surface area contributed by atoms with E-state index in [-0.39, 0.29) is 18.4 Å². The summed E-state index contributed by atoms with van der Waals surface area (Å²) in [5.74, 6) is 0.0381. The van der Waals surface area contributed by atoms with Crippen molar-refractivity contribution in [2.24, 2.45) is 0 Å². The topological polar surface area (TPSA) is 58.6 Å². The van der Waals surface area contributed by atoms with Gasteiger partial charge < -0.3 is 10.1 Å². The maximum absolute atomic E-state index is 13.0. The molecule has 32 heavy (non-hydrogen) atoms. The molecule has 1 fully saturated rings. The molecule has 4 rings (SSSR count). The number of ether oxygens (including phenoxy) is 1. The van der Waals surface area contributed by atoms with Gasteiger partial charge in [-0.15, -0.1) is 0 Å². The standard InChI is InChI=1S/C24H17BrN2O3S2/c25-17-10-12-19(13-11-17)27-23(29)21(32-24(27)31)14-16-6-4-5-9-20(16)30-15-22(28)26-18-7-2-1-3-8-18/h1-14H,15H2,(H,26,28)/b21-14+. The van der Waals surface area contributed by atoms with Crippen LogP contribution in [0.15, 0.2) is 88.2 Å². The summed E-state index contributed by atoms with van der Waals surface area (Å²) in [4.78, 5) is 27.2. The van der Waals surface area contributed by atoms with Gasteiger partial charge in [-0.1, -0.05) is 76.3 Å². The number of carbonyl (C=O) groups is 2. The molecule has 0 bridgehead atoms. The number of thioether (sulfide) groups is 1. The van der Waals surface area contributed by atoms with Crippen molar-refractivity contribution < 1.29 is 14.3 Å². The summed E-state index contributed by atoms with van der Waals surface area (Å²) in [5.41, 5.74) is 2.10. The molecule has 0 saturated carbocycles. The van der Waals surface area contributed by atoms with Crippen LogP contribution in [0.25, 0.3) is 6.08 Å². The molecular formula is C24H17BrN2O3S2. The minimum Gasteiger partial charge on any atom is -0.483 e. The van der Waals surface area contributed by atoms with E-state index in [1.54, 1.807) is 24.3 Å². The smallest absolute Gasteiger partial charge is 0.270 e. The van der Waals surface area contributed by atoms with Gasteiger partial charge in [-0.2, -0.15) is 0 Å². The van der Waals surface area contributed by atoms with Crippen molar-refractivity contribution in [3.63, 3.8) is 0 Å². The molecule has 3 aromatic carbocycles. The molecular weight excluding hydrogens is 508 g/mol. The third kappa shape index (κ3) is 5.27. The lowest BCUT2D eigenvalue weighted by atomic mass is 10.2. The Kier molecular flexibility index (Phi) is 7.04. The van der Waals surface area contributed by atoms with Gasteiger partial charge in [-0.3, -0.25) is 14.5 Å². The predicted octanol–water partition coefficient (Wildman–Crippen LogP) is 5.87. The monoisotopic (exact) mass is 524 g/mol. The molecule has 8 heteroatoms. The minimum absolute atomic E-state index is 0.153. The predicted molar refractivity (Wildman–Crippen MR) is 137 cm³/mol. The van der Waals surface area contributed by atoms with E-state index in [2.05, 4.69) is 21.2 Å². The number of rotatable bonds is 6. The Morgan fingerprint density at radius 2 is 1.72 bits per heavy atom. The number of thiocarbonyl (C=S) groups is 1. The van der Waals surface area contributed by atoms with E-state index in [9.17, 15) is 9.59 Å². The number of halogens is 1. The first kappa shape index (κ1) is 22.3. The molecule has 0 aliphatic carbocycles. The van der Waals surface area contributed by atoms with Gasteiger partial charge in [0.05, 0.1) is 10.6 Å². The number of para-hydroxylation sites is 2. The van der Waals surface area contributed by atoms with Crippen molar-refractivity contribution in [1.29, 1.82) is 0 Å². The van der Waals surface area contributed by atoms with Crippen molar-refractivity contribution in [2.45, 2.75) is 0 Å². The highest BCUT2D eigenvalue weighted by Gasteiger charge is 2.33. The Balaban J connectivity index is 1.48. The number of amides is 2. The van der Waals surface area contributed by atoms with Gasteiger partial charge in [0.1, 0.15) is 5.75 Å². The zero-order valence-electron chi connectivity index (χ0n) is 16.7. The molecule has 0 aromatic heterocycles. The average Bonchev–Trinajstić information content (AvgIpc) is 3.07. The van der Waals surface area contributed by atoms with Crippen LogP contribution in [0.1, 0.15) is 5.56 Å². The van der Waals surface area contributed by atoms with Gasteiger partial charge in [0.25, 0.3) is 11.8 Å². The molecule has 1 N–H and O–H groups in total. The molecule has 2 amide bonds. The molecule has 0 radical (unpaired) electrons. The molecule has 1 aliphatic heterocycles. The SMILES string of the molecule is O=C(COc1ccccc1/C=C1/SC(=S)N(c2ccc(Br)cc2)C1=O)Nc1ccccc1. The zero-order valence-corrected chi connectivity index (χ0v) is 19.9. The summed E-state index contributed by atoms with van der Waals surface area (Å²) >= 11 is 10.1. The number of nitrogens with zero attached hydrogens (tertiary/aromatic N) is 1. The number of benzene rings is 3. The summed E-state index contributed by atoms with van der Waals surface area (Å²) < 4.78 is 7.12. The highest BCUT2D eigenvalue weighted by molar-refractivity contribution is 9.10. The lowest BCUT2D eigenvalue weighted by Gasteiger charge is -2.14. The Hall–Kier alpha value is -2.94. The first-order valence-electron chi connectivity index (χ1n) is 9.61. The average molecular weight is 525 g/mol. The fraction of sp³-hybridized carbons (Fsp3) is 0.0417. The second kappa shape index (κ2) is 10.1. The van der Waals surface area contributed by atoms with Crippen molar-refractivity contribution in [3.05, 3.63) is 93.8 Å². The van der Waals surface area contributed by atoms with Crippen LogP contribution in [-0.4, -0.2) is 22.7 Å². The van der Waals surface area contributed by atoms with E-state index >= 15 is 0 Å². The van der Waals surface area contributed by atoms with E-state index in [4.69, 9.17) is 17.0 Å². The Labute approximate surface area is 203 Å². The first-order chi connectivity index (χ1) is 15.5. The third-order valence-electron chi connectivity index (χ3n) is 4.50. The van der Waals surface area contributed by atoms with E-state index in [1.165, 1.54) is 16.7 Å². The molecule has 1 saturated heterocycles. The molecule has 1 aliphatic rings. The summed E-state index contributed by atoms with van der Waals surface area (Å²) in [6.07, 6.45) is 1.74. The molecule has 0 spiro atoms. The maximum Gasteiger partial charge on any atom is 0.270 e. The highest BCUT2D eigenvalue weighted by Crippen LogP contribution is 2.37. The quantitative estimate of drug-likeness (QED) is 0.322. The number of anilines is 2. The van der Waals surface area contributed by atoms with Crippen molar-refractivity contribution in [1.82, 2.24) is 0 Å². The molecule has 160 valence electrons. The van der Waals surface area contributed by atoms with Gasteiger partial charge in [-0.05, 0) is 48.5 Å². The summed E-state index contributed by atoms with van der Waals surface area (Å²) in [6.45, 7) is -0.153. The van der Waals surface area contributed by atoms with Gasteiger partial charge in [-0.25, -0.2) is 0 Å². The molecule has 5 nitrogen and oxygen atoms in total. The zero-order chi connectivity index (χ0) is 22.5. The highest BCUT2D eigenvalue weighted by atomic mass is 79.9. The second-order valence-electron chi connectivity index (χ2n) is 6.73. The van der Waals surface area contributed by atoms with Crippen LogP contribution < -0.4 is 15.0 Å². The molecule has 0 unspecified atom stereocenters. The first-order valence-corrected chi connectivity index (χ1v) is 11.6. The normalized spacial score (nSPS) is 14.7. The van der Waals surface area contributed by atoms with E-state index in [0.29, 0.717) is 31.9 Å². The van der Waals surface area contributed by atoms with E-state index in [1.807, 2.05) is 60.7 Å². The second-order valence-corrected chi connectivity index (χ2v) is 9.33. The minimum atomic E-state index is -0.271. The molecule has 0 atom stereocenters. The Bertz CT molecular complexity index is 1200. The van der Waals surface area contributed by atoms with Gasteiger partial charge >= 0.3 is 0 Å². The van der Waals surface area contributed by atoms with Crippen LogP contribution in [-0.2, 0) is 9.59 Å². The van der Waals surface area contributed by atoms with Gasteiger partial charge in [0, 0.05) is 15.7 Å². The van der Waals surface area contributed by atoms with Crippen LogP contribution in [0.3, 0.4) is 0 Å². The van der Waals surface area contributed by atoms with Gasteiger partial charge in [0.2, 0.25) is 0 Å². The van der Waals surface area contributed by atoms with Gasteiger partial charge in [0.15, 0.2) is 10.9 Å². The largest absolute Gasteiger partial charge is 0.483 e. The number of nitrogens with one attached hydrogen (secondary N) is 1. The summed E-state index contributed by atoms with van der Waals surface area (Å²) in [7, 11) is 0. The van der Waals surface area contributed by atoms with E-state index < -0.39 is 0 Å². The van der Waals surface area contributed by atoms with Crippen LogP contribution >= 0.6 is 39.9 Å². The fourth-order valence-electron chi connectivity index (χ4n) is 3.01. The molecule has 3 aromatic rings. The maximum atomic E-state index is 13.0. The van der Waals surface area contributed by atoms with Crippen LogP contribution in [0, 0.1) is 0 Å². The third-order valence-corrected chi connectivity index (χ3v) is 6.33. The number of hydrogen-bond acceptors (Lipinski definition) is 5. The van der Waals surface area contributed by atoms with Crippen LogP contribution in [0.4, 0.5) is 11.4 Å². The lowest BCUT2D eigenvalue weighted by molar-refractivity contribution is -0.118. The van der Waals surface area contributed by atoms with Crippen molar-refractivity contribution in [3.8, 4) is 5.75 Å². The summed E-state index contributed by atoms with van der Waals surface area (Å²) in [6, 6.07) is 23.8. The number of hydrogen-bond donors (Lipinski definition) is 1. The Morgan fingerprint density at radius 1 is 1.03 bits per heavy atom. The lowest BCUT2D eigenvalue weighted by Crippen LogP contribution is -2.27. The molecule has 1 heterocycles. The van der Waals surface area contributed by atoms with Crippen LogP contribution in [0.2, 0.25) is 0 Å². The van der Waals surface area contributed by atoms with Crippen LogP contribution in [0.5, 0.6) is 5.75 Å². The van der Waals surface area contributed by atoms with Crippen molar-refractivity contribution >= 4 is 73.5 Å². The summed E-state index contributed by atoms with van der Waals surface area (Å²) in [5, 5.41) is 2.78. The van der Waals surface area contributed by atoms with Crippen molar-refractivity contribution in [2.75, 3.05) is 16.8 Å².